The molecule has 1 fully saturated rings. The van der Waals surface area contributed by atoms with Gasteiger partial charge in [-0.15, -0.1) is 6.42 Å². The minimum absolute atomic E-state index is 0.0869. The van der Waals surface area contributed by atoms with Crippen molar-refractivity contribution in [2.24, 2.45) is 0 Å². The minimum Gasteiger partial charge on any atom is -0.493 e. The highest BCUT2D eigenvalue weighted by atomic mass is 16.5. The van der Waals surface area contributed by atoms with Gasteiger partial charge in [-0.2, -0.15) is 0 Å². The van der Waals surface area contributed by atoms with Crippen LogP contribution in [-0.2, 0) is 0 Å². The van der Waals surface area contributed by atoms with Gasteiger partial charge in [0.15, 0.2) is 11.5 Å². The Morgan fingerprint density at radius 3 is 2.36 bits per heavy atom. The number of methoxy groups -OCH3 is 1. The molecule has 6 rings (SSSR count). The van der Waals surface area contributed by atoms with E-state index < -0.39 is 0 Å². The second-order valence-corrected chi connectivity index (χ2v) is 9.67. The maximum Gasteiger partial charge on any atom is 0.261 e. The summed E-state index contributed by atoms with van der Waals surface area (Å²) < 4.78 is 12.1. The monoisotopic (exact) mass is 518 g/mol. The van der Waals surface area contributed by atoms with Crippen molar-refractivity contribution in [3.05, 3.63) is 83.7 Å². The molecule has 3 aromatic carbocycles. The van der Waals surface area contributed by atoms with E-state index in [0.717, 1.165) is 16.6 Å². The van der Waals surface area contributed by atoms with Crippen LogP contribution in [-0.4, -0.2) is 45.9 Å². The number of hydrogen-bond acceptors (Lipinski definition) is 7. The van der Waals surface area contributed by atoms with Gasteiger partial charge in [0.25, 0.3) is 11.8 Å². The maximum atomic E-state index is 12.9. The Morgan fingerprint density at radius 1 is 0.923 bits per heavy atom. The topological polar surface area (TPSA) is 93.7 Å². The number of anilines is 2. The molecule has 4 aromatic rings. The molecular weight excluding hydrogens is 492 g/mol. The second-order valence-electron chi connectivity index (χ2n) is 9.67. The van der Waals surface area contributed by atoms with E-state index in [2.05, 4.69) is 21.2 Å². The number of fused-ring (bicyclic) bond motifs is 2. The van der Waals surface area contributed by atoms with Crippen LogP contribution in [0.1, 0.15) is 52.0 Å². The average molecular weight is 519 g/mol. The number of hydrogen-bond donors (Lipinski definition) is 1. The van der Waals surface area contributed by atoms with Crippen molar-refractivity contribution < 1.29 is 19.1 Å². The lowest BCUT2D eigenvalue weighted by Crippen LogP contribution is -2.43. The van der Waals surface area contributed by atoms with Gasteiger partial charge in [0, 0.05) is 28.7 Å². The third-order valence-corrected chi connectivity index (χ3v) is 7.34. The van der Waals surface area contributed by atoms with Gasteiger partial charge in [-0.1, -0.05) is 24.1 Å². The van der Waals surface area contributed by atoms with Crippen LogP contribution in [0.3, 0.4) is 0 Å². The molecule has 0 bridgehead atoms. The molecule has 39 heavy (non-hydrogen) atoms. The molecule has 194 valence electrons. The fraction of sp³-hybridized carbons (Fsp3) is 0.226. The lowest BCUT2D eigenvalue weighted by atomic mass is 9.91. The SMILES string of the molecule is C#Cc1cccc(Nc2ncnc3cc(OC)c(O[C@H]4CC[C@@H](N5C(=O)c6ccccc6C5=O)CC4)cc23)c1. The van der Waals surface area contributed by atoms with E-state index in [9.17, 15) is 9.59 Å². The summed E-state index contributed by atoms with van der Waals surface area (Å²) >= 11 is 0. The molecular formula is C31H26N4O4. The Kier molecular flexibility index (Phi) is 6.33. The Balaban J connectivity index is 1.20. The summed E-state index contributed by atoms with van der Waals surface area (Å²) in [6, 6.07) is 18.1. The highest BCUT2D eigenvalue weighted by molar-refractivity contribution is 6.21. The molecule has 1 N–H and O–H groups in total. The number of carbonyl (C=O) groups is 2. The molecule has 1 aromatic heterocycles. The molecule has 1 aliphatic heterocycles. The van der Waals surface area contributed by atoms with Gasteiger partial charge in [0.1, 0.15) is 12.1 Å². The second kappa shape index (κ2) is 10.1. The Labute approximate surface area is 226 Å². The summed E-state index contributed by atoms with van der Waals surface area (Å²) in [5.41, 5.74) is 3.26. The molecule has 0 unspecified atom stereocenters. The van der Waals surface area contributed by atoms with E-state index in [1.54, 1.807) is 31.4 Å². The first-order valence-electron chi connectivity index (χ1n) is 12.9. The molecule has 2 amide bonds. The summed E-state index contributed by atoms with van der Waals surface area (Å²) in [5.74, 6) is 4.01. The van der Waals surface area contributed by atoms with E-state index in [4.69, 9.17) is 15.9 Å². The van der Waals surface area contributed by atoms with Crippen LogP contribution in [0.5, 0.6) is 11.5 Å². The van der Waals surface area contributed by atoms with Crippen LogP contribution in [0.2, 0.25) is 0 Å². The lowest BCUT2D eigenvalue weighted by molar-refractivity contribution is 0.0476. The van der Waals surface area contributed by atoms with E-state index in [1.807, 2.05) is 36.4 Å². The van der Waals surface area contributed by atoms with Crippen LogP contribution in [0, 0.1) is 12.3 Å². The van der Waals surface area contributed by atoms with Gasteiger partial charge < -0.3 is 14.8 Å². The molecule has 8 nitrogen and oxygen atoms in total. The average Bonchev–Trinajstić information content (AvgIpc) is 3.23. The predicted octanol–water partition coefficient (Wildman–Crippen LogP) is 5.35. The molecule has 1 saturated carbocycles. The van der Waals surface area contributed by atoms with Crippen molar-refractivity contribution in [1.82, 2.24) is 14.9 Å². The van der Waals surface area contributed by atoms with Crippen LogP contribution >= 0.6 is 0 Å². The Morgan fingerprint density at radius 2 is 1.67 bits per heavy atom. The fourth-order valence-corrected chi connectivity index (χ4v) is 5.38. The Hall–Kier alpha value is -4.90. The van der Waals surface area contributed by atoms with Crippen molar-refractivity contribution in [2.45, 2.75) is 37.8 Å². The number of benzene rings is 3. The van der Waals surface area contributed by atoms with Crippen LogP contribution in [0.15, 0.2) is 67.0 Å². The van der Waals surface area contributed by atoms with Gasteiger partial charge >= 0.3 is 0 Å². The normalized spacial score (nSPS) is 18.5. The zero-order valence-corrected chi connectivity index (χ0v) is 21.4. The highest BCUT2D eigenvalue weighted by Gasteiger charge is 2.41. The smallest absolute Gasteiger partial charge is 0.261 e. The molecule has 0 radical (unpaired) electrons. The number of aromatic nitrogens is 2. The van der Waals surface area contributed by atoms with E-state index in [-0.39, 0.29) is 24.0 Å². The molecule has 1 aliphatic carbocycles. The van der Waals surface area contributed by atoms with Crippen LogP contribution < -0.4 is 14.8 Å². The zero-order chi connectivity index (χ0) is 26.9. The largest absolute Gasteiger partial charge is 0.493 e. The number of nitrogens with one attached hydrogen (secondary N) is 1. The predicted molar refractivity (Wildman–Crippen MR) is 147 cm³/mol. The summed E-state index contributed by atoms with van der Waals surface area (Å²) in [6.45, 7) is 0. The summed E-state index contributed by atoms with van der Waals surface area (Å²) in [6.07, 6.45) is 9.71. The lowest BCUT2D eigenvalue weighted by Gasteiger charge is -2.33. The summed E-state index contributed by atoms with van der Waals surface area (Å²) in [5, 5.41) is 4.11. The fourth-order valence-electron chi connectivity index (χ4n) is 5.38. The number of nitrogens with zero attached hydrogens (tertiary/aromatic N) is 3. The van der Waals surface area contributed by atoms with Gasteiger partial charge in [-0.25, -0.2) is 9.97 Å². The number of imide groups is 1. The number of amides is 2. The number of rotatable bonds is 6. The first-order valence-corrected chi connectivity index (χ1v) is 12.9. The van der Waals surface area contributed by atoms with Gasteiger partial charge in [0.2, 0.25) is 0 Å². The number of carbonyl (C=O) groups excluding carboxylic acids is 2. The summed E-state index contributed by atoms with van der Waals surface area (Å²) in [7, 11) is 1.60. The standard InChI is InChI=1S/C31H26N4O4/c1-3-19-7-6-8-20(15-19)34-29-25-16-28(27(38-2)17-26(25)32-18-33-29)39-22-13-11-21(12-14-22)35-30(36)23-9-4-5-10-24(23)31(35)37/h1,4-10,15-18,21-22H,11-14H2,2H3,(H,32,33,34)/t21-,22+. The zero-order valence-electron chi connectivity index (χ0n) is 21.4. The van der Waals surface area contributed by atoms with Crippen LogP contribution in [0.25, 0.3) is 10.9 Å². The first-order chi connectivity index (χ1) is 19.1. The highest BCUT2D eigenvalue weighted by Crippen LogP contribution is 2.38. The minimum atomic E-state index is -0.205. The van der Waals surface area contributed by atoms with Gasteiger partial charge in [0.05, 0.1) is 29.9 Å². The van der Waals surface area contributed by atoms with Gasteiger partial charge in [-0.05, 0) is 62.1 Å². The van der Waals surface area contributed by atoms with E-state index >= 15 is 0 Å². The number of terminal acetylenes is 1. The molecule has 8 heteroatoms. The maximum absolute atomic E-state index is 12.9. The molecule has 0 atom stereocenters. The van der Waals surface area contributed by atoms with Crippen molar-refractivity contribution in [3.8, 4) is 23.8 Å². The van der Waals surface area contributed by atoms with Crippen molar-refractivity contribution in [1.29, 1.82) is 0 Å². The molecule has 0 saturated heterocycles. The quantitative estimate of drug-likeness (QED) is 0.272. The molecule has 2 aliphatic rings. The van der Waals surface area contributed by atoms with Crippen LogP contribution in [0.4, 0.5) is 11.5 Å². The van der Waals surface area contributed by atoms with E-state index in [0.29, 0.717) is 59.6 Å². The number of ether oxygens (including phenoxy) is 2. The summed E-state index contributed by atoms with van der Waals surface area (Å²) in [4.78, 5) is 36.1. The molecule has 2 heterocycles. The van der Waals surface area contributed by atoms with Crippen molar-refractivity contribution >= 4 is 34.2 Å². The van der Waals surface area contributed by atoms with E-state index in [1.165, 1.54) is 11.2 Å². The Bertz CT molecular complexity index is 1600. The van der Waals surface area contributed by atoms with Crippen molar-refractivity contribution in [3.63, 3.8) is 0 Å². The van der Waals surface area contributed by atoms with Gasteiger partial charge in [-0.3, -0.25) is 14.5 Å². The first kappa shape index (κ1) is 24.4. The third-order valence-electron chi connectivity index (χ3n) is 7.34. The van der Waals surface area contributed by atoms with Crippen molar-refractivity contribution in [2.75, 3.05) is 12.4 Å². The third kappa shape index (κ3) is 4.53. The molecule has 0 spiro atoms.